The van der Waals surface area contributed by atoms with Gasteiger partial charge in [-0.3, -0.25) is 4.79 Å². The minimum Gasteiger partial charge on any atom is -0.544 e. The molecule has 5 heteroatoms. The van der Waals surface area contributed by atoms with Crippen LogP contribution in [0.25, 0.3) is 0 Å². The third kappa shape index (κ3) is 24.6. The van der Waals surface area contributed by atoms with Crippen molar-refractivity contribution >= 4 is 11.9 Å². The van der Waals surface area contributed by atoms with Crippen LogP contribution in [0, 0.1) is 0 Å². The molecular formula is C10H21NO4. The Morgan fingerprint density at radius 3 is 1.80 bits per heavy atom. The molecule has 0 bridgehead atoms. The number of likely N-dealkylation sites (N-methyl/N-ethyl adjacent to an activating group) is 1. The van der Waals surface area contributed by atoms with Gasteiger partial charge in [-0.25, -0.2) is 0 Å². The highest BCUT2D eigenvalue weighted by Gasteiger charge is 2.04. The van der Waals surface area contributed by atoms with E-state index in [0.717, 1.165) is 6.42 Å². The van der Waals surface area contributed by atoms with Gasteiger partial charge < -0.3 is 19.1 Å². The standard InChI is InChI=1S/C5H11NO2.C5H10O2/c1-6(2,3)4-5(7)8;1-3-4-7-5(2)6/h4H2,1-3H3;3-4H2,1-2H3. The fourth-order valence-electron chi connectivity index (χ4n) is 0.633. The Morgan fingerprint density at radius 2 is 1.73 bits per heavy atom. The summed E-state index contributed by atoms with van der Waals surface area (Å²) in [5, 5.41) is 9.89. The molecule has 5 nitrogen and oxygen atoms in total. The van der Waals surface area contributed by atoms with Gasteiger partial charge in [-0.1, -0.05) is 6.92 Å². The van der Waals surface area contributed by atoms with Gasteiger partial charge in [-0.05, 0) is 6.42 Å². The number of quaternary nitrogens is 1. The van der Waals surface area contributed by atoms with Crippen molar-refractivity contribution < 1.29 is 23.9 Å². The molecule has 0 heterocycles. The second-order valence-electron chi connectivity index (χ2n) is 4.16. The lowest BCUT2D eigenvalue weighted by Crippen LogP contribution is -2.45. The number of hydrogen-bond donors (Lipinski definition) is 0. The van der Waals surface area contributed by atoms with Crippen LogP contribution < -0.4 is 5.11 Å². The number of carboxylic acid groups (broad SMARTS) is 1. The molecule has 0 atom stereocenters. The molecule has 0 rings (SSSR count). The number of carboxylic acids is 1. The number of carbonyl (C=O) groups excluding carboxylic acids is 2. The fraction of sp³-hybridized carbons (Fsp3) is 0.800. The van der Waals surface area contributed by atoms with Gasteiger partial charge in [0.2, 0.25) is 0 Å². The first-order valence-electron chi connectivity index (χ1n) is 4.82. The topological polar surface area (TPSA) is 66.4 Å². The van der Waals surface area contributed by atoms with Crippen molar-refractivity contribution in [2.24, 2.45) is 0 Å². The Balaban J connectivity index is 0. The zero-order chi connectivity index (χ0) is 12.5. The van der Waals surface area contributed by atoms with E-state index in [0.29, 0.717) is 11.1 Å². The van der Waals surface area contributed by atoms with Crippen molar-refractivity contribution in [2.45, 2.75) is 20.3 Å². The molecule has 0 aromatic heterocycles. The van der Waals surface area contributed by atoms with Gasteiger partial charge in [0, 0.05) is 6.92 Å². The van der Waals surface area contributed by atoms with Crippen LogP contribution in [0.5, 0.6) is 0 Å². The SMILES string of the molecule is CCCOC(C)=O.C[N+](C)(C)CC(=O)[O-]. The lowest BCUT2D eigenvalue weighted by molar-refractivity contribution is -0.864. The zero-order valence-corrected chi connectivity index (χ0v) is 10.2. The second kappa shape index (κ2) is 8.23. The summed E-state index contributed by atoms with van der Waals surface area (Å²) in [6.45, 7) is 3.99. The quantitative estimate of drug-likeness (QED) is 0.468. The van der Waals surface area contributed by atoms with E-state index >= 15 is 0 Å². The Morgan fingerprint density at radius 1 is 1.27 bits per heavy atom. The molecule has 90 valence electrons. The third-order valence-corrected chi connectivity index (χ3v) is 1.11. The van der Waals surface area contributed by atoms with Gasteiger partial charge in [-0.15, -0.1) is 0 Å². The van der Waals surface area contributed by atoms with Gasteiger partial charge in [0.25, 0.3) is 0 Å². The molecule has 0 radical (unpaired) electrons. The second-order valence-corrected chi connectivity index (χ2v) is 4.16. The Hall–Kier alpha value is -1.10. The van der Waals surface area contributed by atoms with E-state index in [1.807, 2.05) is 6.92 Å². The van der Waals surface area contributed by atoms with Crippen molar-refractivity contribution in [3.05, 3.63) is 0 Å². The first kappa shape index (κ1) is 16.3. The van der Waals surface area contributed by atoms with Crippen LogP contribution in [-0.2, 0) is 14.3 Å². The van der Waals surface area contributed by atoms with Crippen molar-refractivity contribution in [1.82, 2.24) is 0 Å². The summed E-state index contributed by atoms with van der Waals surface area (Å²) >= 11 is 0. The van der Waals surface area contributed by atoms with Crippen LogP contribution in [0.2, 0.25) is 0 Å². The molecule has 0 saturated heterocycles. The van der Waals surface area contributed by atoms with Gasteiger partial charge in [0.1, 0.15) is 6.54 Å². The summed E-state index contributed by atoms with van der Waals surface area (Å²) < 4.78 is 4.97. The molecule has 0 amide bonds. The lowest BCUT2D eigenvalue weighted by atomic mass is 10.5. The average molecular weight is 219 g/mol. The van der Waals surface area contributed by atoms with E-state index in [-0.39, 0.29) is 12.5 Å². The maximum Gasteiger partial charge on any atom is 0.302 e. The molecule has 15 heavy (non-hydrogen) atoms. The number of ether oxygens (including phenoxy) is 1. The molecule has 0 N–H and O–H groups in total. The molecule has 0 saturated carbocycles. The molecule has 0 aromatic carbocycles. The minimum absolute atomic E-state index is 0.0694. The van der Waals surface area contributed by atoms with Crippen molar-refractivity contribution in [3.63, 3.8) is 0 Å². The Bertz CT molecular complexity index is 196. The summed E-state index contributed by atoms with van der Waals surface area (Å²) in [6, 6.07) is 0. The largest absolute Gasteiger partial charge is 0.544 e. The van der Waals surface area contributed by atoms with E-state index in [1.54, 1.807) is 21.1 Å². The molecule has 0 aliphatic carbocycles. The molecule has 0 aliphatic heterocycles. The van der Waals surface area contributed by atoms with Crippen LogP contribution in [0.15, 0.2) is 0 Å². The molecule has 0 aliphatic rings. The monoisotopic (exact) mass is 219 g/mol. The van der Waals surface area contributed by atoms with Gasteiger partial charge in [0.15, 0.2) is 0 Å². The normalized spacial score (nSPS) is 9.93. The zero-order valence-electron chi connectivity index (χ0n) is 10.2. The number of rotatable bonds is 4. The number of hydrogen-bond acceptors (Lipinski definition) is 4. The molecule has 0 aromatic rings. The lowest BCUT2D eigenvalue weighted by Gasteiger charge is -2.23. The average Bonchev–Trinajstić information content (AvgIpc) is 1.96. The van der Waals surface area contributed by atoms with Crippen LogP contribution in [0.1, 0.15) is 20.3 Å². The van der Waals surface area contributed by atoms with Crippen molar-refractivity contribution in [1.29, 1.82) is 0 Å². The molecular weight excluding hydrogens is 198 g/mol. The van der Waals surface area contributed by atoms with E-state index in [1.165, 1.54) is 6.92 Å². The highest BCUT2D eigenvalue weighted by atomic mass is 16.5. The molecule has 0 fully saturated rings. The maximum atomic E-state index is 9.98. The van der Waals surface area contributed by atoms with Crippen LogP contribution in [0.4, 0.5) is 0 Å². The van der Waals surface area contributed by atoms with E-state index in [9.17, 15) is 14.7 Å². The number of nitrogens with zero attached hydrogens (tertiary/aromatic N) is 1. The van der Waals surface area contributed by atoms with Gasteiger partial charge in [0.05, 0.1) is 33.7 Å². The summed E-state index contributed by atoms with van der Waals surface area (Å²) in [6.07, 6.45) is 0.902. The molecule has 0 unspecified atom stereocenters. The van der Waals surface area contributed by atoms with Crippen molar-refractivity contribution in [2.75, 3.05) is 34.3 Å². The highest BCUT2D eigenvalue weighted by Crippen LogP contribution is 1.85. The first-order valence-corrected chi connectivity index (χ1v) is 4.82. The van der Waals surface area contributed by atoms with E-state index < -0.39 is 5.97 Å². The van der Waals surface area contributed by atoms with Gasteiger partial charge in [-0.2, -0.15) is 0 Å². The fourth-order valence-corrected chi connectivity index (χ4v) is 0.633. The number of aliphatic carboxylic acids is 1. The smallest absolute Gasteiger partial charge is 0.302 e. The molecule has 0 spiro atoms. The summed E-state index contributed by atoms with van der Waals surface area (Å²) in [5.41, 5.74) is 0. The Labute approximate surface area is 91.2 Å². The maximum absolute atomic E-state index is 9.98. The van der Waals surface area contributed by atoms with E-state index in [4.69, 9.17) is 0 Å². The highest BCUT2D eigenvalue weighted by molar-refractivity contribution is 5.65. The first-order chi connectivity index (χ1) is 6.69. The van der Waals surface area contributed by atoms with Crippen LogP contribution in [-0.4, -0.2) is 50.7 Å². The van der Waals surface area contributed by atoms with Crippen LogP contribution in [0.3, 0.4) is 0 Å². The number of esters is 1. The summed E-state index contributed by atoms with van der Waals surface area (Å²) in [5.74, 6) is -1.20. The Kier molecular flexibility index (Phi) is 8.96. The minimum atomic E-state index is -1.00. The van der Waals surface area contributed by atoms with Crippen molar-refractivity contribution in [3.8, 4) is 0 Å². The summed E-state index contributed by atoms with van der Waals surface area (Å²) in [7, 11) is 5.40. The summed E-state index contributed by atoms with van der Waals surface area (Å²) in [4.78, 5) is 19.9. The van der Waals surface area contributed by atoms with Gasteiger partial charge >= 0.3 is 5.97 Å². The predicted octanol–water partition coefficient (Wildman–Crippen LogP) is -0.598. The van der Waals surface area contributed by atoms with Crippen LogP contribution >= 0.6 is 0 Å². The predicted molar refractivity (Wildman–Crippen MR) is 54.8 cm³/mol. The van der Waals surface area contributed by atoms with E-state index in [2.05, 4.69) is 4.74 Å². The third-order valence-electron chi connectivity index (χ3n) is 1.11. The number of carbonyl (C=O) groups is 2.